The van der Waals surface area contributed by atoms with E-state index in [2.05, 4.69) is 26.6 Å². The van der Waals surface area contributed by atoms with Crippen molar-refractivity contribution in [3.8, 4) is 5.75 Å². The smallest absolute Gasteiger partial charge is 0.251 e. The maximum Gasteiger partial charge on any atom is 0.251 e. The van der Waals surface area contributed by atoms with Crippen molar-refractivity contribution in [1.82, 2.24) is 10.6 Å². The van der Waals surface area contributed by atoms with E-state index in [0.717, 1.165) is 10.0 Å². The average molecular weight is 419 g/mol. The molecule has 1 unspecified atom stereocenters. The van der Waals surface area contributed by atoms with E-state index in [1.807, 2.05) is 31.2 Å². The number of amides is 2. The summed E-state index contributed by atoms with van der Waals surface area (Å²) >= 11 is 3.43. The molecule has 0 aliphatic heterocycles. The molecule has 138 valence electrons. The number of methoxy groups -OCH3 is 1. The largest absolute Gasteiger partial charge is 0.497 e. The second-order valence-electron chi connectivity index (χ2n) is 5.93. The first kappa shape index (κ1) is 20.0. The van der Waals surface area contributed by atoms with Crippen LogP contribution >= 0.6 is 15.9 Å². The number of carbonyl (C=O) groups is 2. The Hall–Kier alpha value is -2.34. The van der Waals surface area contributed by atoms with E-state index in [1.54, 1.807) is 31.4 Å². The molecule has 0 aliphatic carbocycles. The number of carbonyl (C=O) groups excluding carboxylic acids is 2. The van der Waals surface area contributed by atoms with E-state index >= 15 is 0 Å². The first-order chi connectivity index (χ1) is 12.5. The highest BCUT2D eigenvalue weighted by Gasteiger charge is 2.10. The summed E-state index contributed by atoms with van der Waals surface area (Å²) in [6.07, 6.45) is 0.945. The van der Waals surface area contributed by atoms with Gasteiger partial charge < -0.3 is 15.4 Å². The highest BCUT2D eigenvalue weighted by Crippen LogP contribution is 2.18. The first-order valence-electron chi connectivity index (χ1n) is 8.46. The fourth-order valence-electron chi connectivity index (χ4n) is 2.47. The van der Waals surface area contributed by atoms with Crippen molar-refractivity contribution in [2.24, 2.45) is 0 Å². The fraction of sp³-hybridized carbons (Fsp3) is 0.300. The molecule has 0 heterocycles. The standard InChI is InChI=1S/C20H23BrN2O3/c1-14(16-5-3-6-17(21)13-16)23-19(24)7-4-12-22-20(25)15-8-10-18(26-2)11-9-15/h3,5-6,8-11,13-14H,4,7,12H2,1-2H3,(H,22,25)(H,23,24). The van der Waals surface area contributed by atoms with Crippen LogP contribution in [0.5, 0.6) is 5.75 Å². The van der Waals surface area contributed by atoms with Gasteiger partial charge in [-0.25, -0.2) is 0 Å². The van der Waals surface area contributed by atoms with Crippen molar-refractivity contribution in [3.63, 3.8) is 0 Å². The van der Waals surface area contributed by atoms with Gasteiger partial charge in [0.15, 0.2) is 0 Å². The Morgan fingerprint density at radius 2 is 1.88 bits per heavy atom. The van der Waals surface area contributed by atoms with Gasteiger partial charge in [0.1, 0.15) is 5.75 Å². The van der Waals surface area contributed by atoms with Gasteiger partial charge in [-0.15, -0.1) is 0 Å². The van der Waals surface area contributed by atoms with Gasteiger partial charge in [0.2, 0.25) is 5.91 Å². The third-order valence-corrected chi connectivity index (χ3v) is 4.44. The van der Waals surface area contributed by atoms with E-state index < -0.39 is 0 Å². The Morgan fingerprint density at radius 3 is 2.54 bits per heavy atom. The lowest BCUT2D eigenvalue weighted by atomic mass is 10.1. The molecule has 2 aromatic carbocycles. The molecule has 2 rings (SSSR count). The minimum absolute atomic E-state index is 0.0313. The summed E-state index contributed by atoms with van der Waals surface area (Å²) in [7, 11) is 1.58. The lowest BCUT2D eigenvalue weighted by molar-refractivity contribution is -0.121. The van der Waals surface area contributed by atoms with Crippen molar-refractivity contribution in [1.29, 1.82) is 0 Å². The molecule has 0 saturated carbocycles. The molecular weight excluding hydrogens is 396 g/mol. The second kappa shape index (κ2) is 9.97. The summed E-state index contributed by atoms with van der Waals surface area (Å²) in [5.74, 6) is 0.518. The maximum atomic E-state index is 12.0. The molecular formula is C20H23BrN2O3. The number of nitrogens with one attached hydrogen (secondary N) is 2. The van der Waals surface area contributed by atoms with Crippen molar-refractivity contribution >= 4 is 27.7 Å². The van der Waals surface area contributed by atoms with Crippen molar-refractivity contribution in [2.45, 2.75) is 25.8 Å². The molecule has 0 radical (unpaired) electrons. The minimum atomic E-state index is -0.157. The van der Waals surface area contributed by atoms with Gasteiger partial charge >= 0.3 is 0 Å². The van der Waals surface area contributed by atoms with Gasteiger partial charge in [0.25, 0.3) is 5.91 Å². The minimum Gasteiger partial charge on any atom is -0.497 e. The van der Waals surface area contributed by atoms with Gasteiger partial charge in [-0.1, -0.05) is 28.1 Å². The molecule has 2 amide bonds. The first-order valence-corrected chi connectivity index (χ1v) is 9.26. The summed E-state index contributed by atoms with van der Waals surface area (Å²) in [5, 5.41) is 5.79. The zero-order valence-corrected chi connectivity index (χ0v) is 16.5. The average Bonchev–Trinajstić information content (AvgIpc) is 2.65. The van der Waals surface area contributed by atoms with Gasteiger partial charge in [0, 0.05) is 23.0 Å². The van der Waals surface area contributed by atoms with Crippen LogP contribution in [-0.4, -0.2) is 25.5 Å². The number of ether oxygens (including phenoxy) is 1. The van der Waals surface area contributed by atoms with Crippen LogP contribution in [-0.2, 0) is 4.79 Å². The number of benzene rings is 2. The van der Waals surface area contributed by atoms with E-state index in [-0.39, 0.29) is 17.9 Å². The van der Waals surface area contributed by atoms with E-state index in [0.29, 0.717) is 30.7 Å². The van der Waals surface area contributed by atoms with Crippen molar-refractivity contribution < 1.29 is 14.3 Å². The molecule has 6 heteroatoms. The predicted molar refractivity (Wildman–Crippen MR) is 105 cm³/mol. The van der Waals surface area contributed by atoms with Crippen molar-refractivity contribution in [2.75, 3.05) is 13.7 Å². The molecule has 0 aromatic heterocycles. The number of hydrogen-bond donors (Lipinski definition) is 2. The number of rotatable bonds is 8. The molecule has 5 nitrogen and oxygen atoms in total. The third kappa shape index (κ3) is 6.19. The Labute approximate surface area is 162 Å². The second-order valence-corrected chi connectivity index (χ2v) is 6.85. The van der Waals surface area contributed by atoms with Crippen LogP contribution in [0.1, 0.15) is 41.7 Å². The van der Waals surface area contributed by atoms with Crippen LogP contribution in [0, 0.1) is 0 Å². The molecule has 0 bridgehead atoms. The van der Waals surface area contributed by atoms with E-state index in [1.165, 1.54) is 0 Å². The van der Waals surface area contributed by atoms with Gasteiger partial charge in [-0.2, -0.15) is 0 Å². The number of halogens is 1. The van der Waals surface area contributed by atoms with E-state index in [4.69, 9.17) is 4.74 Å². The van der Waals surface area contributed by atoms with Gasteiger partial charge in [-0.3, -0.25) is 9.59 Å². The van der Waals surface area contributed by atoms with Gasteiger partial charge in [0.05, 0.1) is 13.2 Å². The summed E-state index contributed by atoms with van der Waals surface area (Å²) in [5.41, 5.74) is 1.61. The molecule has 0 aliphatic rings. The van der Waals surface area contributed by atoms with Crippen LogP contribution in [0.2, 0.25) is 0 Å². The Kier molecular flexibility index (Phi) is 7.66. The molecule has 26 heavy (non-hydrogen) atoms. The van der Waals surface area contributed by atoms with Crippen molar-refractivity contribution in [3.05, 3.63) is 64.1 Å². The third-order valence-electron chi connectivity index (χ3n) is 3.94. The Morgan fingerprint density at radius 1 is 1.15 bits per heavy atom. The quantitative estimate of drug-likeness (QED) is 0.639. The van der Waals surface area contributed by atoms with Crippen LogP contribution in [0.3, 0.4) is 0 Å². The molecule has 0 fully saturated rings. The lowest BCUT2D eigenvalue weighted by Gasteiger charge is -2.14. The SMILES string of the molecule is COc1ccc(C(=O)NCCCC(=O)NC(C)c2cccc(Br)c2)cc1. The normalized spacial score (nSPS) is 11.5. The molecule has 0 spiro atoms. The summed E-state index contributed by atoms with van der Waals surface area (Å²) < 4.78 is 6.05. The molecule has 2 N–H and O–H groups in total. The fourth-order valence-corrected chi connectivity index (χ4v) is 2.89. The lowest BCUT2D eigenvalue weighted by Crippen LogP contribution is -2.29. The molecule has 2 aromatic rings. The van der Waals surface area contributed by atoms with Crippen LogP contribution in [0.4, 0.5) is 0 Å². The predicted octanol–water partition coefficient (Wildman–Crippen LogP) is 3.85. The Balaban J connectivity index is 1.70. The zero-order valence-electron chi connectivity index (χ0n) is 14.9. The van der Waals surface area contributed by atoms with Gasteiger partial charge in [-0.05, 0) is 55.3 Å². The molecule has 0 saturated heterocycles. The Bertz CT molecular complexity index is 747. The topological polar surface area (TPSA) is 67.4 Å². The highest BCUT2D eigenvalue weighted by atomic mass is 79.9. The zero-order chi connectivity index (χ0) is 18.9. The monoisotopic (exact) mass is 418 g/mol. The number of hydrogen-bond acceptors (Lipinski definition) is 3. The summed E-state index contributed by atoms with van der Waals surface area (Å²) in [6, 6.07) is 14.7. The molecule has 1 atom stereocenters. The maximum absolute atomic E-state index is 12.0. The summed E-state index contributed by atoms with van der Waals surface area (Å²) in [4.78, 5) is 24.1. The summed E-state index contributed by atoms with van der Waals surface area (Å²) in [6.45, 7) is 2.40. The van der Waals surface area contributed by atoms with Crippen LogP contribution in [0.15, 0.2) is 53.0 Å². The van der Waals surface area contributed by atoms with E-state index in [9.17, 15) is 9.59 Å². The highest BCUT2D eigenvalue weighted by molar-refractivity contribution is 9.10. The van der Waals surface area contributed by atoms with Crippen LogP contribution in [0.25, 0.3) is 0 Å². The van der Waals surface area contributed by atoms with Crippen LogP contribution < -0.4 is 15.4 Å².